The van der Waals surface area contributed by atoms with Gasteiger partial charge in [-0.15, -0.1) is 0 Å². The number of piperazine rings is 1. The van der Waals surface area contributed by atoms with Crippen molar-refractivity contribution in [3.05, 3.63) is 35.4 Å². The second kappa shape index (κ2) is 5.78. The lowest BCUT2D eigenvalue weighted by Gasteiger charge is -2.46. The van der Waals surface area contributed by atoms with Crippen LogP contribution < -0.4 is 5.32 Å². The Kier molecular flexibility index (Phi) is 4.45. The average molecular weight is 282 g/mol. The zero-order valence-electron chi connectivity index (χ0n) is 12.7. The van der Waals surface area contributed by atoms with E-state index in [0.29, 0.717) is 18.5 Å². The Morgan fingerprint density at radius 3 is 2.60 bits per heavy atom. The van der Waals surface area contributed by atoms with Gasteiger partial charge >= 0.3 is 0 Å². The van der Waals surface area contributed by atoms with Crippen molar-refractivity contribution < 1.29 is 8.78 Å². The SMILES string of the molecule is CC(C)C1CNC(C)(C)CN1Cc1ccc(F)c(F)c1. The highest BCUT2D eigenvalue weighted by molar-refractivity contribution is 5.18. The van der Waals surface area contributed by atoms with Gasteiger partial charge in [-0.3, -0.25) is 4.90 Å². The van der Waals surface area contributed by atoms with E-state index < -0.39 is 11.6 Å². The first-order chi connectivity index (χ1) is 9.28. The number of rotatable bonds is 3. The summed E-state index contributed by atoms with van der Waals surface area (Å²) in [6.45, 7) is 11.2. The Morgan fingerprint density at radius 1 is 1.30 bits per heavy atom. The van der Waals surface area contributed by atoms with E-state index in [9.17, 15) is 8.78 Å². The molecule has 0 radical (unpaired) electrons. The van der Waals surface area contributed by atoms with Gasteiger partial charge in [0, 0.05) is 31.2 Å². The first kappa shape index (κ1) is 15.4. The topological polar surface area (TPSA) is 15.3 Å². The van der Waals surface area contributed by atoms with Crippen LogP contribution in [0.25, 0.3) is 0 Å². The summed E-state index contributed by atoms with van der Waals surface area (Å²) in [5, 5.41) is 3.55. The van der Waals surface area contributed by atoms with Crippen molar-refractivity contribution in [3.8, 4) is 0 Å². The van der Waals surface area contributed by atoms with Gasteiger partial charge in [0.1, 0.15) is 0 Å². The highest BCUT2D eigenvalue weighted by Gasteiger charge is 2.33. The van der Waals surface area contributed by atoms with Gasteiger partial charge in [-0.05, 0) is 37.5 Å². The second-order valence-corrected chi connectivity index (χ2v) is 6.73. The van der Waals surface area contributed by atoms with Crippen LogP contribution in [0, 0.1) is 17.6 Å². The molecule has 1 N–H and O–H groups in total. The predicted molar refractivity (Wildman–Crippen MR) is 77.5 cm³/mol. The Hall–Kier alpha value is -1.00. The van der Waals surface area contributed by atoms with E-state index in [0.717, 1.165) is 18.7 Å². The van der Waals surface area contributed by atoms with Crippen molar-refractivity contribution in [2.45, 2.75) is 45.8 Å². The van der Waals surface area contributed by atoms with E-state index in [4.69, 9.17) is 0 Å². The summed E-state index contributed by atoms with van der Waals surface area (Å²) >= 11 is 0. The quantitative estimate of drug-likeness (QED) is 0.916. The number of hydrogen-bond acceptors (Lipinski definition) is 2. The molecule has 1 fully saturated rings. The van der Waals surface area contributed by atoms with Crippen LogP contribution in [0.2, 0.25) is 0 Å². The molecule has 0 amide bonds. The van der Waals surface area contributed by atoms with Gasteiger partial charge in [-0.2, -0.15) is 0 Å². The molecule has 2 rings (SSSR count). The molecule has 1 saturated heterocycles. The van der Waals surface area contributed by atoms with Crippen molar-refractivity contribution in [3.63, 3.8) is 0 Å². The maximum absolute atomic E-state index is 13.3. The summed E-state index contributed by atoms with van der Waals surface area (Å²) in [6.07, 6.45) is 0. The maximum Gasteiger partial charge on any atom is 0.159 e. The minimum absolute atomic E-state index is 0.0456. The highest BCUT2D eigenvalue weighted by Crippen LogP contribution is 2.23. The Labute approximate surface area is 120 Å². The normalized spacial score (nSPS) is 23.2. The lowest BCUT2D eigenvalue weighted by atomic mass is 9.92. The molecule has 112 valence electrons. The van der Waals surface area contributed by atoms with Gasteiger partial charge in [-0.1, -0.05) is 19.9 Å². The summed E-state index contributed by atoms with van der Waals surface area (Å²) < 4.78 is 26.3. The van der Waals surface area contributed by atoms with Gasteiger partial charge in [0.05, 0.1) is 0 Å². The molecule has 1 aliphatic heterocycles. The van der Waals surface area contributed by atoms with Crippen molar-refractivity contribution in [2.75, 3.05) is 13.1 Å². The predicted octanol–water partition coefficient (Wildman–Crippen LogP) is 3.17. The van der Waals surface area contributed by atoms with Gasteiger partial charge in [0.25, 0.3) is 0 Å². The highest BCUT2D eigenvalue weighted by atomic mass is 19.2. The smallest absolute Gasteiger partial charge is 0.159 e. The van der Waals surface area contributed by atoms with E-state index in [1.165, 1.54) is 12.1 Å². The summed E-state index contributed by atoms with van der Waals surface area (Å²) in [4.78, 5) is 2.37. The van der Waals surface area contributed by atoms with E-state index in [1.807, 2.05) is 0 Å². The molecule has 1 heterocycles. The molecule has 0 saturated carbocycles. The standard InChI is InChI=1S/C16H24F2N2/c1-11(2)15-8-19-16(3,4)10-20(15)9-12-5-6-13(17)14(18)7-12/h5-7,11,15,19H,8-10H2,1-4H3. The number of hydrogen-bond donors (Lipinski definition) is 1. The van der Waals surface area contributed by atoms with Gasteiger partial charge < -0.3 is 5.32 Å². The number of halogens is 2. The minimum atomic E-state index is -0.783. The molecule has 4 heteroatoms. The number of nitrogens with one attached hydrogen (secondary N) is 1. The van der Waals surface area contributed by atoms with Crippen LogP contribution in [0.3, 0.4) is 0 Å². The Bertz CT molecular complexity index is 472. The molecule has 1 aliphatic rings. The van der Waals surface area contributed by atoms with Crippen molar-refractivity contribution >= 4 is 0 Å². The molecule has 0 bridgehead atoms. The van der Waals surface area contributed by atoms with Crippen LogP contribution in [0.15, 0.2) is 18.2 Å². The van der Waals surface area contributed by atoms with Crippen LogP contribution in [0.1, 0.15) is 33.3 Å². The molecule has 0 aliphatic carbocycles. The van der Waals surface area contributed by atoms with E-state index in [-0.39, 0.29) is 5.54 Å². The van der Waals surface area contributed by atoms with Crippen molar-refractivity contribution in [1.29, 1.82) is 0 Å². The maximum atomic E-state index is 13.3. The Morgan fingerprint density at radius 2 is 2.00 bits per heavy atom. The third-order valence-electron chi connectivity index (χ3n) is 4.00. The fraction of sp³-hybridized carbons (Fsp3) is 0.625. The average Bonchev–Trinajstić information content (AvgIpc) is 2.32. The van der Waals surface area contributed by atoms with Crippen LogP contribution in [-0.4, -0.2) is 29.6 Å². The molecular weight excluding hydrogens is 258 g/mol. The molecule has 0 spiro atoms. The molecule has 1 aromatic rings. The van der Waals surface area contributed by atoms with Crippen LogP contribution >= 0.6 is 0 Å². The largest absolute Gasteiger partial charge is 0.309 e. The third kappa shape index (κ3) is 3.55. The van der Waals surface area contributed by atoms with Crippen molar-refractivity contribution in [1.82, 2.24) is 10.2 Å². The molecule has 1 aromatic carbocycles. The molecule has 2 nitrogen and oxygen atoms in total. The number of benzene rings is 1. The molecule has 20 heavy (non-hydrogen) atoms. The molecular formula is C16H24F2N2. The van der Waals surface area contributed by atoms with E-state index in [2.05, 4.69) is 37.9 Å². The van der Waals surface area contributed by atoms with E-state index >= 15 is 0 Å². The fourth-order valence-electron chi connectivity index (χ4n) is 2.89. The second-order valence-electron chi connectivity index (χ2n) is 6.73. The summed E-state index contributed by atoms with van der Waals surface area (Å²) in [6, 6.07) is 4.60. The van der Waals surface area contributed by atoms with E-state index in [1.54, 1.807) is 6.07 Å². The first-order valence-electron chi connectivity index (χ1n) is 7.21. The monoisotopic (exact) mass is 282 g/mol. The van der Waals surface area contributed by atoms with Crippen LogP contribution in [-0.2, 0) is 6.54 Å². The first-order valence-corrected chi connectivity index (χ1v) is 7.21. The molecule has 1 atom stereocenters. The summed E-state index contributed by atoms with van der Waals surface area (Å²) in [7, 11) is 0. The lowest BCUT2D eigenvalue weighted by Crippen LogP contribution is -2.62. The Balaban J connectivity index is 2.16. The fourth-order valence-corrected chi connectivity index (χ4v) is 2.89. The van der Waals surface area contributed by atoms with Gasteiger partial charge in [0.2, 0.25) is 0 Å². The number of nitrogens with zero attached hydrogens (tertiary/aromatic N) is 1. The van der Waals surface area contributed by atoms with Crippen LogP contribution in [0.4, 0.5) is 8.78 Å². The van der Waals surface area contributed by atoms with Gasteiger partial charge in [-0.25, -0.2) is 8.78 Å². The molecule has 1 unspecified atom stereocenters. The van der Waals surface area contributed by atoms with Crippen LogP contribution in [0.5, 0.6) is 0 Å². The zero-order valence-corrected chi connectivity index (χ0v) is 12.7. The third-order valence-corrected chi connectivity index (χ3v) is 4.00. The van der Waals surface area contributed by atoms with Gasteiger partial charge in [0.15, 0.2) is 11.6 Å². The lowest BCUT2D eigenvalue weighted by molar-refractivity contribution is 0.0626. The summed E-state index contributed by atoms with van der Waals surface area (Å²) in [5.41, 5.74) is 0.872. The zero-order chi connectivity index (χ0) is 14.9. The van der Waals surface area contributed by atoms with Crippen molar-refractivity contribution in [2.24, 2.45) is 5.92 Å². The summed E-state index contributed by atoms with van der Waals surface area (Å²) in [5.74, 6) is -1.03. The molecule has 0 aromatic heterocycles. The minimum Gasteiger partial charge on any atom is -0.309 e.